The van der Waals surface area contributed by atoms with Crippen LogP contribution >= 0.6 is 0 Å². The number of hydrogen-bond acceptors (Lipinski definition) is 2. The van der Waals surface area contributed by atoms with Crippen molar-refractivity contribution in [3.8, 4) is 0 Å². The van der Waals surface area contributed by atoms with Crippen LogP contribution in [0, 0.1) is 0 Å². The second kappa shape index (κ2) is 5.08. The summed E-state index contributed by atoms with van der Waals surface area (Å²) in [5, 5.41) is 7.81. The average Bonchev–Trinajstić information content (AvgIpc) is 3.05. The second-order valence-corrected chi connectivity index (χ2v) is 5.33. The summed E-state index contributed by atoms with van der Waals surface area (Å²) in [5.74, 6) is 0. The van der Waals surface area contributed by atoms with Crippen LogP contribution in [0.4, 0.5) is 5.69 Å². The number of hydrogen-bond donors (Lipinski definition) is 1. The summed E-state index contributed by atoms with van der Waals surface area (Å²) in [6.45, 7) is 5.22. The van der Waals surface area contributed by atoms with E-state index >= 15 is 0 Å². The Morgan fingerprint density at radius 2 is 2.16 bits per heavy atom. The van der Waals surface area contributed by atoms with Crippen LogP contribution in [0.5, 0.6) is 0 Å². The zero-order chi connectivity index (χ0) is 13.2. The van der Waals surface area contributed by atoms with E-state index in [1.165, 1.54) is 36.0 Å². The Balaban J connectivity index is 1.74. The molecule has 1 N–H and O–H groups in total. The molecule has 1 aliphatic carbocycles. The molecule has 0 saturated carbocycles. The Kier molecular flexibility index (Phi) is 3.28. The fourth-order valence-corrected chi connectivity index (χ4v) is 2.81. The molecule has 0 amide bonds. The minimum Gasteiger partial charge on any atom is -0.376 e. The van der Waals surface area contributed by atoms with E-state index in [0.29, 0.717) is 6.04 Å². The SMILES string of the molecule is CCn1cc(NC(C)c2ccc3c(c2)CCC3)cn1. The van der Waals surface area contributed by atoms with Crippen molar-refractivity contribution in [2.75, 3.05) is 5.32 Å². The van der Waals surface area contributed by atoms with Gasteiger partial charge in [0.25, 0.3) is 0 Å². The fraction of sp³-hybridized carbons (Fsp3) is 0.438. The minimum absolute atomic E-state index is 0.320. The highest BCUT2D eigenvalue weighted by atomic mass is 15.3. The van der Waals surface area contributed by atoms with Crippen molar-refractivity contribution in [1.29, 1.82) is 0 Å². The van der Waals surface area contributed by atoms with E-state index in [1.807, 2.05) is 10.9 Å². The standard InChI is InChI=1S/C16H21N3/c1-3-19-11-16(10-17-19)18-12(2)14-8-7-13-5-4-6-15(13)9-14/h7-12,18H,3-6H2,1-2H3. The van der Waals surface area contributed by atoms with Gasteiger partial charge in [-0.3, -0.25) is 4.68 Å². The van der Waals surface area contributed by atoms with E-state index in [2.05, 4.69) is 48.7 Å². The first-order chi connectivity index (χ1) is 9.26. The van der Waals surface area contributed by atoms with Crippen LogP contribution in [0.15, 0.2) is 30.6 Å². The predicted octanol–water partition coefficient (Wildman–Crippen LogP) is 3.56. The van der Waals surface area contributed by atoms with Gasteiger partial charge in [0.2, 0.25) is 0 Å². The number of anilines is 1. The van der Waals surface area contributed by atoms with Crippen molar-refractivity contribution < 1.29 is 0 Å². The molecule has 1 unspecified atom stereocenters. The van der Waals surface area contributed by atoms with Gasteiger partial charge in [-0.05, 0) is 49.8 Å². The number of aromatic nitrogens is 2. The van der Waals surface area contributed by atoms with Crippen LogP contribution < -0.4 is 5.32 Å². The predicted molar refractivity (Wildman–Crippen MR) is 78.4 cm³/mol. The largest absolute Gasteiger partial charge is 0.376 e. The number of aryl methyl sites for hydroxylation is 3. The Morgan fingerprint density at radius 1 is 1.32 bits per heavy atom. The lowest BCUT2D eigenvalue weighted by molar-refractivity contribution is 0.660. The molecule has 0 saturated heterocycles. The third kappa shape index (κ3) is 2.50. The third-order valence-electron chi connectivity index (χ3n) is 3.96. The zero-order valence-electron chi connectivity index (χ0n) is 11.7. The van der Waals surface area contributed by atoms with Gasteiger partial charge >= 0.3 is 0 Å². The van der Waals surface area contributed by atoms with Crippen molar-refractivity contribution >= 4 is 5.69 Å². The van der Waals surface area contributed by atoms with Crippen molar-refractivity contribution in [1.82, 2.24) is 9.78 Å². The van der Waals surface area contributed by atoms with E-state index in [-0.39, 0.29) is 0 Å². The Labute approximate surface area is 114 Å². The maximum atomic E-state index is 4.29. The lowest BCUT2D eigenvalue weighted by Gasteiger charge is -2.15. The Bertz CT molecular complexity index is 571. The molecule has 0 bridgehead atoms. The molecule has 1 aliphatic rings. The summed E-state index contributed by atoms with van der Waals surface area (Å²) >= 11 is 0. The molecule has 19 heavy (non-hydrogen) atoms. The quantitative estimate of drug-likeness (QED) is 0.905. The molecule has 0 fully saturated rings. The number of nitrogens with zero attached hydrogens (tertiary/aromatic N) is 2. The van der Waals surface area contributed by atoms with Crippen LogP contribution in [-0.4, -0.2) is 9.78 Å². The first kappa shape index (κ1) is 12.3. The summed E-state index contributed by atoms with van der Waals surface area (Å²) in [6.07, 6.45) is 7.76. The molecular weight excluding hydrogens is 234 g/mol. The highest BCUT2D eigenvalue weighted by Gasteiger charge is 2.13. The van der Waals surface area contributed by atoms with Gasteiger partial charge in [0, 0.05) is 18.8 Å². The van der Waals surface area contributed by atoms with Crippen LogP contribution in [0.3, 0.4) is 0 Å². The van der Waals surface area contributed by atoms with Gasteiger partial charge in [-0.2, -0.15) is 5.10 Å². The van der Waals surface area contributed by atoms with Gasteiger partial charge in [0.15, 0.2) is 0 Å². The molecular formula is C16H21N3. The average molecular weight is 255 g/mol. The molecule has 0 spiro atoms. The highest BCUT2D eigenvalue weighted by molar-refractivity contribution is 5.43. The Morgan fingerprint density at radius 3 is 2.95 bits per heavy atom. The monoisotopic (exact) mass is 255 g/mol. The number of benzene rings is 1. The molecule has 100 valence electrons. The number of nitrogens with one attached hydrogen (secondary N) is 1. The normalized spacial score (nSPS) is 15.3. The number of fused-ring (bicyclic) bond motifs is 1. The molecule has 1 aromatic heterocycles. The van der Waals surface area contributed by atoms with Gasteiger partial charge in [-0.15, -0.1) is 0 Å². The van der Waals surface area contributed by atoms with Crippen molar-refractivity contribution in [2.45, 2.75) is 45.7 Å². The second-order valence-electron chi connectivity index (χ2n) is 5.33. The van der Waals surface area contributed by atoms with Gasteiger partial charge in [0.1, 0.15) is 0 Å². The maximum absolute atomic E-state index is 4.29. The van der Waals surface area contributed by atoms with Crippen LogP contribution in [-0.2, 0) is 19.4 Å². The fourth-order valence-electron chi connectivity index (χ4n) is 2.81. The van der Waals surface area contributed by atoms with Gasteiger partial charge < -0.3 is 5.32 Å². The summed E-state index contributed by atoms with van der Waals surface area (Å²) in [6, 6.07) is 7.24. The van der Waals surface area contributed by atoms with Crippen molar-refractivity contribution in [2.24, 2.45) is 0 Å². The summed E-state index contributed by atoms with van der Waals surface area (Å²) in [4.78, 5) is 0. The molecule has 1 aromatic carbocycles. The molecule has 2 aromatic rings. The van der Waals surface area contributed by atoms with Gasteiger partial charge in [-0.25, -0.2) is 0 Å². The van der Waals surface area contributed by atoms with Crippen molar-refractivity contribution in [3.05, 3.63) is 47.3 Å². The first-order valence-corrected chi connectivity index (χ1v) is 7.17. The molecule has 3 rings (SSSR count). The van der Waals surface area contributed by atoms with Crippen LogP contribution in [0.1, 0.15) is 43.0 Å². The van der Waals surface area contributed by atoms with Crippen LogP contribution in [0.25, 0.3) is 0 Å². The Hall–Kier alpha value is -1.77. The van der Waals surface area contributed by atoms with E-state index in [4.69, 9.17) is 0 Å². The lowest BCUT2D eigenvalue weighted by atomic mass is 10.0. The molecule has 1 heterocycles. The third-order valence-corrected chi connectivity index (χ3v) is 3.96. The highest BCUT2D eigenvalue weighted by Crippen LogP contribution is 2.26. The maximum Gasteiger partial charge on any atom is 0.0731 e. The van der Waals surface area contributed by atoms with E-state index in [0.717, 1.165) is 12.2 Å². The number of rotatable bonds is 4. The smallest absolute Gasteiger partial charge is 0.0731 e. The van der Waals surface area contributed by atoms with E-state index < -0.39 is 0 Å². The summed E-state index contributed by atoms with van der Waals surface area (Å²) < 4.78 is 1.94. The lowest BCUT2D eigenvalue weighted by Crippen LogP contribution is -2.06. The van der Waals surface area contributed by atoms with Crippen molar-refractivity contribution in [3.63, 3.8) is 0 Å². The first-order valence-electron chi connectivity index (χ1n) is 7.17. The zero-order valence-corrected chi connectivity index (χ0v) is 11.7. The molecule has 3 nitrogen and oxygen atoms in total. The summed E-state index contributed by atoms with van der Waals surface area (Å²) in [7, 11) is 0. The van der Waals surface area contributed by atoms with E-state index in [1.54, 1.807) is 0 Å². The molecule has 0 radical (unpaired) electrons. The van der Waals surface area contributed by atoms with Crippen LogP contribution in [0.2, 0.25) is 0 Å². The molecule has 0 aliphatic heterocycles. The minimum atomic E-state index is 0.320. The summed E-state index contributed by atoms with van der Waals surface area (Å²) in [5.41, 5.74) is 5.53. The topological polar surface area (TPSA) is 29.9 Å². The molecule has 1 atom stereocenters. The van der Waals surface area contributed by atoms with Gasteiger partial charge in [-0.1, -0.05) is 18.2 Å². The molecule has 3 heteroatoms. The van der Waals surface area contributed by atoms with E-state index in [9.17, 15) is 0 Å². The van der Waals surface area contributed by atoms with Gasteiger partial charge in [0.05, 0.1) is 11.9 Å².